The van der Waals surface area contributed by atoms with E-state index in [2.05, 4.69) is 15.9 Å². The smallest absolute Gasteiger partial charge is 0.326 e. The Balaban J connectivity index is 1.88. The number of rotatable bonds is 3. The van der Waals surface area contributed by atoms with Gasteiger partial charge in [-0.3, -0.25) is 4.79 Å². The fraction of sp³-hybridized carbons (Fsp3) is 0.364. The van der Waals surface area contributed by atoms with E-state index in [1.807, 2.05) is 24.3 Å². The number of carbonyl (C=O) groups is 1. The van der Waals surface area contributed by atoms with Gasteiger partial charge in [0.2, 0.25) is 0 Å². The van der Waals surface area contributed by atoms with E-state index in [0.717, 1.165) is 22.9 Å². The number of esters is 1. The molecule has 0 radical (unpaired) electrons. The number of hydrogen-bond acceptors (Lipinski definition) is 3. The molecular weight excluding hydrogens is 258 g/mol. The zero-order valence-corrected chi connectivity index (χ0v) is 9.79. The van der Waals surface area contributed by atoms with Crippen molar-refractivity contribution in [3.8, 4) is 0 Å². The molecule has 0 heterocycles. The molecule has 4 heteroatoms. The molecular formula is C11H12BrNO2. The highest BCUT2D eigenvalue weighted by Gasteiger charge is 2.47. The minimum atomic E-state index is -0.685. The highest BCUT2D eigenvalue weighted by molar-refractivity contribution is 9.10. The highest BCUT2D eigenvalue weighted by Crippen LogP contribution is 2.33. The Hall–Kier alpha value is -0.870. The molecule has 3 nitrogen and oxygen atoms in total. The van der Waals surface area contributed by atoms with Crippen molar-refractivity contribution in [1.82, 2.24) is 0 Å². The molecule has 1 aliphatic rings. The molecule has 1 aliphatic carbocycles. The van der Waals surface area contributed by atoms with Crippen molar-refractivity contribution in [3.63, 3.8) is 0 Å². The van der Waals surface area contributed by atoms with Crippen LogP contribution in [0, 0.1) is 0 Å². The Morgan fingerprint density at radius 2 is 2.00 bits per heavy atom. The third-order valence-corrected chi connectivity index (χ3v) is 3.01. The summed E-state index contributed by atoms with van der Waals surface area (Å²) in [5.41, 5.74) is 5.98. The summed E-state index contributed by atoms with van der Waals surface area (Å²) in [5, 5.41) is 0. The van der Waals surface area contributed by atoms with Gasteiger partial charge >= 0.3 is 5.97 Å². The molecule has 0 spiro atoms. The van der Waals surface area contributed by atoms with Crippen LogP contribution < -0.4 is 5.73 Å². The molecule has 2 N–H and O–H groups in total. The van der Waals surface area contributed by atoms with Gasteiger partial charge in [0.25, 0.3) is 0 Å². The lowest BCUT2D eigenvalue weighted by molar-refractivity contribution is -0.147. The van der Waals surface area contributed by atoms with Gasteiger partial charge in [-0.2, -0.15) is 0 Å². The Morgan fingerprint density at radius 1 is 1.40 bits per heavy atom. The van der Waals surface area contributed by atoms with Gasteiger partial charge in [-0.05, 0) is 30.5 Å². The van der Waals surface area contributed by atoms with Crippen LogP contribution in [0.3, 0.4) is 0 Å². The molecule has 0 amide bonds. The van der Waals surface area contributed by atoms with E-state index in [1.54, 1.807) is 0 Å². The number of hydrogen-bond donors (Lipinski definition) is 1. The molecule has 2 rings (SSSR count). The minimum absolute atomic E-state index is 0.287. The summed E-state index contributed by atoms with van der Waals surface area (Å²) in [6.45, 7) is 0.297. The van der Waals surface area contributed by atoms with Crippen molar-refractivity contribution in [1.29, 1.82) is 0 Å². The molecule has 1 saturated carbocycles. The van der Waals surface area contributed by atoms with E-state index in [1.165, 1.54) is 0 Å². The number of benzene rings is 1. The monoisotopic (exact) mass is 269 g/mol. The summed E-state index contributed by atoms with van der Waals surface area (Å²) in [6, 6.07) is 7.65. The fourth-order valence-corrected chi connectivity index (χ4v) is 1.48. The van der Waals surface area contributed by atoms with Crippen molar-refractivity contribution in [2.45, 2.75) is 25.0 Å². The summed E-state index contributed by atoms with van der Waals surface area (Å²) in [7, 11) is 0. The summed E-state index contributed by atoms with van der Waals surface area (Å²) < 4.78 is 6.12. The first kappa shape index (κ1) is 10.6. The quantitative estimate of drug-likeness (QED) is 0.854. The molecule has 80 valence electrons. The number of halogens is 1. The van der Waals surface area contributed by atoms with Gasteiger partial charge in [0, 0.05) is 4.47 Å². The maximum absolute atomic E-state index is 11.4. The molecule has 0 atom stereocenters. The first-order chi connectivity index (χ1) is 7.10. The molecule has 1 aromatic carbocycles. The average Bonchev–Trinajstić information content (AvgIpc) is 2.97. The van der Waals surface area contributed by atoms with Crippen molar-refractivity contribution in [2.24, 2.45) is 5.73 Å². The number of carbonyl (C=O) groups excluding carboxylic acids is 1. The first-order valence-electron chi connectivity index (χ1n) is 4.81. The average molecular weight is 270 g/mol. The Bertz CT molecular complexity index is 371. The fourth-order valence-electron chi connectivity index (χ4n) is 1.21. The first-order valence-corrected chi connectivity index (χ1v) is 5.60. The third kappa shape index (κ3) is 2.58. The summed E-state index contributed by atoms with van der Waals surface area (Å²) in [4.78, 5) is 11.4. The van der Waals surface area contributed by atoms with E-state index < -0.39 is 5.54 Å². The predicted octanol–water partition coefficient (Wildman–Crippen LogP) is 1.98. The van der Waals surface area contributed by atoms with Crippen LogP contribution in [-0.4, -0.2) is 11.5 Å². The Morgan fingerprint density at radius 3 is 2.53 bits per heavy atom. The molecule has 0 unspecified atom stereocenters. The van der Waals surface area contributed by atoms with Gasteiger partial charge in [-0.15, -0.1) is 0 Å². The normalized spacial score (nSPS) is 17.2. The maximum Gasteiger partial charge on any atom is 0.326 e. The van der Waals surface area contributed by atoms with Crippen LogP contribution in [-0.2, 0) is 16.1 Å². The van der Waals surface area contributed by atoms with Crippen molar-refractivity contribution in [3.05, 3.63) is 34.3 Å². The van der Waals surface area contributed by atoms with Gasteiger partial charge in [0.05, 0.1) is 0 Å². The van der Waals surface area contributed by atoms with Crippen LogP contribution in [0.25, 0.3) is 0 Å². The van der Waals surface area contributed by atoms with E-state index in [0.29, 0.717) is 6.61 Å². The number of ether oxygens (including phenoxy) is 1. The molecule has 0 bridgehead atoms. The lowest BCUT2D eigenvalue weighted by Crippen LogP contribution is -2.34. The number of nitrogens with two attached hydrogens (primary N) is 1. The summed E-state index contributed by atoms with van der Waals surface area (Å²) in [5.74, 6) is -0.287. The standard InChI is InChI=1S/C11H12BrNO2/c12-9-3-1-8(2-4-9)7-15-10(14)11(13)5-6-11/h1-4H,5-7,13H2. The van der Waals surface area contributed by atoms with Crippen molar-refractivity contribution < 1.29 is 9.53 Å². The van der Waals surface area contributed by atoms with Crippen LogP contribution in [0.5, 0.6) is 0 Å². The van der Waals surface area contributed by atoms with Gasteiger partial charge in [0.15, 0.2) is 0 Å². The highest BCUT2D eigenvalue weighted by atomic mass is 79.9. The van der Waals surface area contributed by atoms with Gasteiger partial charge in [-0.1, -0.05) is 28.1 Å². The van der Waals surface area contributed by atoms with Gasteiger partial charge in [0.1, 0.15) is 12.1 Å². The third-order valence-electron chi connectivity index (χ3n) is 2.48. The minimum Gasteiger partial charge on any atom is -0.459 e. The van der Waals surface area contributed by atoms with Crippen molar-refractivity contribution in [2.75, 3.05) is 0 Å². The molecule has 1 fully saturated rings. The molecule has 15 heavy (non-hydrogen) atoms. The Labute approximate surface area is 96.7 Å². The van der Waals surface area contributed by atoms with Crippen molar-refractivity contribution >= 4 is 21.9 Å². The van der Waals surface area contributed by atoms with E-state index in [4.69, 9.17) is 10.5 Å². The lowest BCUT2D eigenvalue weighted by atomic mass is 10.2. The van der Waals surface area contributed by atoms with Crippen LogP contribution >= 0.6 is 15.9 Å². The largest absolute Gasteiger partial charge is 0.459 e. The second-order valence-electron chi connectivity index (χ2n) is 3.86. The molecule has 0 saturated heterocycles. The van der Waals surface area contributed by atoms with Crippen LogP contribution in [0.1, 0.15) is 18.4 Å². The summed E-state index contributed by atoms with van der Waals surface area (Å²) in [6.07, 6.45) is 1.48. The zero-order chi connectivity index (χ0) is 10.9. The maximum atomic E-state index is 11.4. The predicted molar refractivity (Wildman–Crippen MR) is 60.1 cm³/mol. The topological polar surface area (TPSA) is 52.3 Å². The zero-order valence-electron chi connectivity index (χ0n) is 8.20. The van der Waals surface area contributed by atoms with Crippen LogP contribution in [0.15, 0.2) is 28.7 Å². The van der Waals surface area contributed by atoms with Gasteiger partial charge in [-0.25, -0.2) is 0 Å². The van der Waals surface area contributed by atoms with E-state index in [9.17, 15) is 4.79 Å². The van der Waals surface area contributed by atoms with E-state index >= 15 is 0 Å². The molecule has 0 aliphatic heterocycles. The SMILES string of the molecule is NC1(C(=O)OCc2ccc(Br)cc2)CC1. The Kier molecular flexibility index (Phi) is 2.80. The summed E-state index contributed by atoms with van der Waals surface area (Å²) >= 11 is 3.34. The van der Waals surface area contributed by atoms with E-state index in [-0.39, 0.29) is 5.97 Å². The molecule has 1 aromatic rings. The lowest BCUT2D eigenvalue weighted by Gasteiger charge is -2.09. The molecule has 0 aromatic heterocycles. The van der Waals surface area contributed by atoms with Gasteiger partial charge < -0.3 is 10.5 Å². The van der Waals surface area contributed by atoms with Crippen LogP contribution in [0.2, 0.25) is 0 Å². The second kappa shape index (κ2) is 3.94. The van der Waals surface area contributed by atoms with Crippen LogP contribution in [0.4, 0.5) is 0 Å². The second-order valence-corrected chi connectivity index (χ2v) is 4.77.